The summed E-state index contributed by atoms with van der Waals surface area (Å²) in [6.45, 7) is 4.52. The van der Waals surface area contributed by atoms with Crippen molar-refractivity contribution in [2.75, 3.05) is 12.4 Å². The van der Waals surface area contributed by atoms with Crippen LogP contribution in [0.2, 0.25) is 5.02 Å². The van der Waals surface area contributed by atoms with Gasteiger partial charge in [-0.3, -0.25) is 4.79 Å². The number of hydrogen-bond acceptors (Lipinski definition) is 2. The molecule has 0 aliphatic carbocycles. The van der Waals surface area contributed by atoms with Gasteiger partial charge in [0.05, 0.1) is 11.1 Å². The number of carbonyl (C=O) groups is 1. The maximum Gasteiger partial charge on any atom is 0.322 e. The maximum absolute atomic E-state index is 13.3. The van der Waals surface area contributed by atoms with Crippen LogP contribution < -0.4 is 10.9 Å². The van der Waals surface area contributed by atoms with E-state index in [9.17, 15) is 14.0 Å². The number of fused-ring (bicyclic) bond motifs is 1. The van der Waals surface area contributed by atoms with E-state index in [1.807, 2.05) is 38.2 Å². The van der Waals surface area contributed by atoms with E-state index in [4.69, 9.17) is 11.6 Å². The van der Waals surface area contributed by atoms with Crippen molar-refractivity contribution < 1.29 is 9.18 Å². The summed E-state index contributed by atoms with van der Waals surface area (Å²) in [5, 5.41) is 4.12. The number of pyridine rings is 1. The molecule has 0 saturated carbocycles. The lowest BCUT2D eigenvalue weighted by atomic mass is 10.0. The Morgan fingerprint density at radius 2 is 1.93 bits per heavy atom. The number of nitrogens with one attached hydrogen (secondary N) is 1. The fraction of sp³-hybridized carbons (Fsp3) is 0.273. The largest absolute Gasteiger partial charge is 0.322 e. The zero-order chi connectivity index (χ0) is 21.1. The first-order chi connectivity index (χ1) is 13.8. The molecule has 7 heteroatoms. The minimum absolute atomic E-state index is 0.0357. The van der Waals surface area contributed by atoms with Crippen LogP contribution in [0.5, 0.6) is 0 Å². The summed E-state index contributed by atoms with van der Waals surface area (Å²) in [6.07, 6.45) is 2.66. The minimum Gasteiger partial charge on any atom is -0.321 e. The Labute approximate surface area is 173 Å². The van der Waals surface area contributed by atoms with Gasteiger partial charge in [-0.25, -0.2) is 9.18 Å². The number of benzene rings is 2. The summed E-state index contributed by atoms with van der Waals surface area (Å²) in [7, 11) is 1.68. The van der Waals surface area contributed by atoms with Gasteiger partial charge in [-0.15, -0.1) is 0 Å². The molecule has 3 aromatic rings. The van der Waals surface area contributed by atoms with Crippen molar-refractivity contribution in [3.05, 3.63) is 75.4 Å². The van der Waals surface area contributed by atoms with Crippen LogP contribution >= 0.6 is 11.6 Å². The van der Waals surface area contributed by atoms with Gasteiger partial charge in [-0.2, -0.15) is 0 Å². The molecule has 3 rings (SSSR count). The molecule has 0 radical (unpaired) electrons. The van der Waals surface area contributed by atoms with Crippen LogP contribution in [0, 0.1) is 5.82 Å². The van der Waals surface area contributed by atoms with E-state index in [1.54, 1.807) is 22.6 Å². The highest BCUT2D eigenvalue weighted by molar-refractivity contribution is 6.31. The predicted molar refractivity (Wildman–Crippen MR) is 115 cm³/mol. The molecule has 1 unspecified atom stereocenters. The van der Waals surface area contributed by atoms with Crippen molar-refractivity contribution in [1.29, 1.82) is 0 Å². The van der Waals surface area contributed by atoms with Crippen LogP contribution in [0.15, 0.2) is 53.5 Å². The monoisotopic (exact) mass is 415 g/mol. The normalized spacial score (nSPS) is 12.0. The molecule has 0 spiro atoms. The summed E-state index contributed by atoms with van der Waals surface area (Å²) in [5.41, 5.74) is 1.25. The number of carbonyl (C=O) groups excluding carboxylic acids is 1. The fourth-order valence-electron chi connectivity index (χ4n) is 3.28. The molecule has 29 heavy (non-hydrogen) atoms. The fourth-order valence-corrected chi connectivity index (χ4v) is 3.46. The number of nitrogens with zero attached hydrogens (tertiary/aromatic N) is 2. The molecule has 0 bridgehead atoms. The third-order valence-electron chi connectivity index (χ3n) is 5.01. The smallest absolute Gasteiger partial charge is 0.321 e. The van der Waals surface area contributed by atoms with E-state index in [1.165, 1.54) is 18.2 Å². The van der Waals surface area contributed by atoms with Gasteiger partial charge in [-0.05, 0) is 48.6 Å². The number of aromatic nitrogens is 1. The Morgan fingerprint density at radius 3 is 2.59 bits per heavy atom. The summed E-state index contributed by atoms with van der Waals surface area (Å²) in [4.78, 5) is 27.0. The van der Waals surface area contributed by atoms with Crippen molar-refractivity contribution in [3.63, 3.8) is 0 Å². The lowest BCUT2D eigenvalue weighted by molar-refractivity contribution is 0.208. The van der Waals surface area contributed by atoms with Crippen molar-refractivity contribution in [3.8, 4) is 0 Å². The first-order valence-corrected chi connectivity index (χ1v) is 9.82. The molecule has 0 saturated heterocycles. The predicted octanol–water partition coefficient (Wildman–Crippen LogP) is 5.43. The van der Waals surface area contributed by atoms with E-state index >= 15 is 0 Å². The van der Waals surface area contributed by atoms with E-state index < -0.39 is 5.82 Å². The number of anilines is 1. The molecule has 1 aromatic heterocycles. The molecule has 0 fully saturated rings. The lowest BCUT2D eigenvalue weighted by Crippen LogP contribution is -2.34. The number of rotatable bonds is 5. The van der Waals surface area contributed by atoms with Crippen LogP contribution in [0.25, 0.3) is 10.8 Å². The van der Waals surface area contributed by atoms with Gasteiger partial charge in [0.15, 0.2) is 0 Å². The van der Waals surface area contributed by atoms with Gasteiger partial charge in [0.1, 0.15) is 5.82 Å². The third-order valence-corrected chi connectivity index (χ3v) is 5.30. The molecular formula is C22H23ClFN3O2. The third kappa shape index (κ3) is 4.27. The van der Waals surface area contributed by atoms with Crippen LogP contribution in [0.3, 0.4) is 0 Å². The van der Waals surface area contributed by atoms with Gasteiger partial charge in [0.25, 0.3) is 5.56 Å². The Morgan fingerprint density at radius 1 is 1.24 bits per heavy atom. The highest BCUT2D eigenvalue weighted by Crippen LogP contribution is 2.27. The molecule has 2 amide bonds. The van der Waals surface area contributed by atoms with Crippen LogP contribution in [0.4, 0.5) is 14.9 Å². The first kappa shape index (κ1) is 20.9. The molecule has 2 aromatic carbocycles. The molecular weight excluding hydrogens is 393 g/mol. The summed E-state index contributed by atoms with van der Waals surface area (Å²) < 4.78 is 15.0. The second-order valence-corrected chi connectivity index (χ2v) is 7.38. The topological polar surface area (TPSA) is 54.3 Å². The van der Waals surface area contributed by atoms with Crippen molar-refractivity contribution in [1.82, 2.24) is 9.47 Å². The second-order valence-electron chi connectivity index (χ2n) is 6.97. The summed E-state index contributed by atoms with van der Waals surface area (Å²) >= 11 is 5.79. The Hall–Kier alpha value is -2.86. The quantitative estimate of drug-likeness (QED) is 0.604. The summed E-state index contributed by atoms with van der Waals surface area (Å²) in [5.74, 6) is -0.545. The van der Waals surface area contributed by atoms with Crippen LogP contribution in [-0.2, 0) is 6.54 Å². The standard InChI is InChI=1S/C22H23ClFN3O2/c1-4-11-27-13-18(16-7-5-6-8-17(16)21(27)28)14(2)26(3)22(29)25-15-9-10-20(24)19(23)12-15/h5-10,12-14H,4,11H2,1-3H3,(H,25,29). The van der Waals surface area contributed by atoms with E-state index in [-0.39, 0.29) is 22.7 Å². The molecule has 1 atom stereocenters. The van der Waals surface area contributed by atoms with Gasteiger partial charge in [0, 0.05) is 30.9 Å². The number of urea groups is 1. The van der Waals surface area contributed by atoms with Gasteiger partial charge in [-0.1, -0.05) is 36.7 Å². The van der Waals surface area contributed by atoms with Gasteiger partial charge < -0.3 is 14.8 Å². The summed E-state index contributed by atoms with van der Waals surface area (Å²) in [6, 6.07) is 10.8. The molecule has 5 nitrogen and oxygen atoms in total. The van der Waals surface area contributed by atoms with Gasteiger partial charge >= 0.3 is 6.03 Å². The number of aryl methyl sites for hydroxylation is 1. The van der Waals surface area contributed by atoms with Crippen LogP contribution in [0.1, 0.15) is 31.9 Å². The highest BCUT2D eigenvalue weighted by Gasteiger charge is 2.21. The van der Waals surface area contributed by atoms with Crippen LogP contribution in [-0.4, -0.2) is 22.5 Å². The second kappa shape index (κ2) is 8.66. The lowest BCUT2D eigenvalue weighted by Gasteiger charge is -2.27. The zero-order valence-electron chi connectivity index (χ0n) is 16.6. The molecule has 152 valence electrons. The number of amides is 2. The minimum atomic E-state index is -0.545. The van der Waals surface area contributed by atoms with E-state index in [2.05, 4.69) is 5.32 Å². The maximum atomic E-state index is 13.3. The zero-order valence-corrected chi connectivity index (χ0v) is 17.3. The number of halogens is 2. The van der Waals surface area contributed by atoms with E-state index in [0.29, 0.717) is 17.6 Å². The Kier molecular flexibility index (Phi) is 6.23. The number of hydrogen-bond donors (Lipinski definition) is 1. The van der Waals surface area contributed by atoms with Gasteiger partial charge in [0.2, 0.25) is 0 Å². The Bertz CT molecular complexity index is 1110. The molecule has 0 aliphatic heterocycles. The van der Waals surface area contributed by atoms with Crippen molar-refractivity contribution in [2.45, 2.75) is 32.9 Å². The average molecular weight is 416 g/mol. The molecule has 1 heterocycles. The molecule has 0 aliphatic rings. The van der Waals surface area contributed by atoms with Crippen molar-refractivity contribution >= 4 is 34.1 Å². The first-order valence-electron chi connectivity index (χ1n) is 9.44. The average Bonchev–Trinajstić information content (AvgIpc) is 2.72. The highest BCUT2D eigenvalue weighted by atomic mass is 35.5. The SMILES string of the molecule is CCCn1cc(C(C)N(C)C(=O)Nc2ccc(F)c(Cl)c2)c2ccccc2c1=O. The Balaban J connectivity index is 1.94. The molecule has 1 N–H and O–H groups in total. The van der Waals surface area contributed by atoms with Crippen molar-refractivity contribution in [2.24, 2.45) is 0 Å². The van der Waals surface area contributed by atoms with E-state index in [0.717, 1.165) is 17.4 Å².